The van der Waals surface area contributed by atoms with Gasteiger partial charge in [0, 0.05) is 25.0 Å². The second-order valence-corrected chi connectivity index (χ2v) is 6.03. The van der Waals surface area contributed by atoms with Gasteiger partial charge in [-0.2, -0.15) is 13.2 Å². The number of unbranched alkanes of at least 4 members (excludes halogenated alkanes) is 1. The van der Waals surface area contributed by atoms with Crippen LogP contribution >= 0.6 is 0 Å². The molecule has 3 atom stereocenters. The Morgan fingerprint density at radius 2 is 1.89 bits per heavy atom. The lowest BCUT2D eigenvalue weighted by Gasteiger charge is -2.24. The van der Waals surface area contributed by atoms with E-state index in [1.807, 2.05) is 0 Å². The van der Waals surface area contributed by atoms with E-state index < -0.39 is 12.6 Å². The van der Waals surface area contributed by atoms with E-state index in [0.29, 0.717) is 25.0 Å². The van der Waals surface area contributed by atoms with Gasteiger partial charge in [0.05, 0.1) is 0 Å². The van der Waals surface area contributed by atoms with Gasteiger partial charge in [-0.1, -0.05) is 12.8 Å². The third-order valence-corrected chi connectivity index (χ3v) is 4.40. The molecule has 1 aliphatic carbocycles. The summed E-state index contributed by atoms with van der Waals surface area (Å²) in [5.41, 5.74) is 0. The topological polar surface area (TPSA) is 24.1 Å². The first-order valence-corrected chi connectivity index (χ1v) is 7.58. The molecule has 112 valence electrons. The van der Waals surface area contributed by atoms with Crippen molar-refractivity contribution < 1.29 is 13.2 Å². The molecule has 0 aromatic rings. The maximum absolute atomic E-state index is 12.0. The standard InChI is InChI=1S/C14H25F3N2/c15-14(16,17)7-3-4-8-18-10-12-9-11-5-1-2-6-13(11)19-12/h11-13,18-19H,1-10H2. The van der Waals surface area contributed by atoms with Crippen LogP contribution in [0.4, 0.5) is 13.2 Å². The molecule has 2 aliphatic rings. The minimum Gasteiger partial charge on any atom is -0.315 e. The molecule has 1 aliphatic heterocycles. The summed E-state index contributed by atoms with van der Waals surface area (Å²) in [4.78, 5) is 0. The van der Waals surface area contributed by atoms with Gasteiger partial charge < -0.3 is 10.6 Å². The van der Waals surface area contributed by atoms with Gasteiger partial charge in [0.1, 0.15) is 0 Å². The SMILES string of the molecule is FC(F)(F)CCCCNCC1CC2CCCCC2N1. The van der Waals surface area contributed by atoms with E-state index in [0.717, 1.165) is 12.5 Å². The molecule has 2 fully saturated rings. The molecule has 0 radical (unpaired) electrons. The van der Waals surface area contributed by atoms with Gasteiger partial charge in [-0.05, 0) is 44.6 Å². The Bertz CT molecular complexity index is 254. The molecule has 1 saturated carbocycles. The molecule has 0 spiro atoms. The summed E-state index contributed by atoms with van der Waals surface area (Å²) in [6.45, 7) is 1.60. The zero-order chi connectivity index (χ0) is 13.7. The van der Waals surface area contributed by atoms with E-state index in [4.69, 9.17) is 0 Å². The number of nitrogens with one attached hydrogen (secondary N) is 2. The first-order chi connectivity index (χ1) is 9.04. The van der Waals surface area contributed by atoms with E-state index in [1.54, 1.807) is 0 Å². The van der Waals surface area contributed by atoms with Crippen LogP contribution in [0.2, 0.25) is 0 Å². The molecule has 2 rings (SSSR count). The first kappa shape index (κ1) is 15.1. The van der Waals surface area contributed by atoms with Crippen LogP contribution < -0.4 is 10.6 Å². The lowest BCUT2D eigenvalue weighted by molar-refractivity contribution is -0.135. The van der Waals surface area contributed by atoms with Crippen molar-refractivity contribution in [1.82, 2.24) is 10.6 Å². The van der Waals surface area contributed by atoms with E-state index in [1.165, 1.54) is 32.1 Å². The predicted molar refractivity (Wildman–Crippen MR) is 70.1 cm³/mol. The number of hydrogen-bond donors (Lipinski definition) is 2. The fraction of sp³-hybridized carbons (Fsp3) is 1.00. The molecular weight excluding hydrogens is 253 g/mol. The smallest absolute Gasteiger partial charge is 0.315 e. The zero-order valence-electron chi connectivity index (χ0n) is 11.4. The van der Waals surface area contributed by atoms with Gasteiger partial charge >= 0.3 is 6.18 Å². The summed E-state index contributed by atoms with van der Waals surface area (Å²) in [5, 5.41) is 6.96. The fourth-order valence-electron chi connectivity index (χ4n) is 3.44. The largest absolute Gasteiger partial charge is 0.389 e. The highest BCUT2D eigenvalue weighted by Gasteiger charge is 2.34. The average Bonchev–Trinajstić information content (AvgIpc) is 2.74. The molecule has 5 heteroatoms. The van der Waals surface area contributed by atoms with E-state index in [2.05, 4.69) is 10.6 Å². The second-order valence-electron chi connectivity index (χ2n) is 6.03. The van der Waals surface area contributed by atoms with Crippen LogP contribution in [-0.4, -0.2) is 31.3 Å². The van der Waals surface area contributed by atoms with Gasteiger partial charge in [-0.3, -0.25) is 0 Å². The number of fused-ring (bicyclic) bond motifs is 1. The zero-order valence-corrected chi connectivity index (χ0v) is 11.4. The number of hydrogen-bond acceptors (Lipinski definition) is 2. The Morgan fingerprint density at radius 1 is 1.11 bits per heavy atom. The lowest BCUT2D eigenvalue weighted by Crippen LogP contribution is -2.38. The van der Waals surface area contributed by atoms with Crippen molar-refractivity contribution in [2.24, 2.45) is 5.92 Å². The van der Waals surface area contributed by atoms with Crippen LogP contribution in [0.1, 0.15) is 51.4 Å². The molecule has 3 unspecified atom stereocenters. The molecule has 0 aromatic carbocycles. The first-order valence-electron chi connectivity index (χ1n) is 7.58. The summed E-state index contributed by atoms with van der Waals surface area (Å²) >= 11 is 0. The summed E-state index contributed by atoms with van der Waals surface area (Å²) in [6, 6.07) is 1.22. The molecule has 1 saturated heterocycles. The van der Waals surface area contributed by atoms with Crippen molar-refractivity contribution in [2.75, 3.05) is 13.1 Å². The minimum absolute atomic E-state index is 0.236. The van der Waals surface area contributed by atoms with Crippen molar-refractivity contribution in [3.63, 3.8) is 0 Å². The summed E-state index contributed by atoms with van der Waals surface area (Å²) < 4.78 is 35.9. The molecule has 0 aromatic heterocycles. The molecule has 19 heavy (non-hydrogen) atoms. The maximum atomic E-state index is 12.0. The monoisotopic (exact) mass is 278 g/mol. The van der Waals surface area contributed by atoms with Gasteiger partial charge in [0.2, 0.25) is 0 Å². The minimum atomic E-state index is -4.00. The van der Waals surface area contributed by atoms with Gasteiger partial charge in [0.15, 0.2) is 0 Å². The van der Waals surface area contributed by atoms with Crippen LogP contribution in [0.15, 0.2) is 0 Å². The number of halogens is 3. The molecule has 2 N–H and O–H groups in total. The quantitative estimate of drug-likeness (QED) is 0.729. The Balaban J connectivity index is 1.50. The van der Waals surface area contributed by atoms with Crippen molar-refractivity contribution in [2.45, 2.75) is 69.6 Å². The van der Waals surface area contributed by atoms with Gasteiger partial charge in [-0.15, -0.1) is 0 Å². The highest BCUT2D eigenvalue weighted by Crippen LogP contribution is 2.32. The van der Waals surface area contributed by atoms with E-state index in [-0.39, 0.29) is 6.42 Å². The Morgan fingerprint density at radius 3 is 2.63 bits per heavy atom. The van der Waals surface area contributed by atoms with E-state index in [9.17, 15) is 13.2 Å². The summed E-state index contributed by atoms with van der Waals surface area (Å²) in [6.07, 6.45) is 2.78. The summed E-state index contributed by atoms with van der Waals surface area (Å²) in [5.74, 6) is 0.839. The Hall–Kier alpha value is -0.290. The second kappa shape index (κ2) is 6.93. The van der Waals surface area contributed by atoms with Crippen molar-refractivity contribution >= 4 is 0 Å². The highest BCUT2D eigenvalue weighted by atomic mass is 19.4. The highest BCUT2D eigenvalue weighted by molar-refractivity contribution is 4.93. The van der Waals surface area contributed by atoms with Crippen molar-refractivity contribution in [3.8, 4) is 0 Å². The van der Waals surface area contributed by atoms with Crippen molar-refractivity contribution in [3.05, 3.63) is 0 Å². The number of alkyl halides is 3. The maximum Gasteiger partial charge on any atom is 0.389 e. The van der Waals surface area contributed by atoms with Crippen LogP contribution in [0, 0.1) is 5.92 Å². The predicted octanol–water partition coefficient (Wildman–Crippen LogP) is 3.23. The molecule has 0 amide bonds. The Kier molecular flexibility index (Phi) is 5.51. The molecule has 2 nitrogen and oxygen atoms in total. The van der Waals surface area contributed by atoms with Crippen LogP contribution in [-0.2, 0) is 0 Å². The molecule has 0 bridgehead atoms. The fourth-order valence-corrected chi connectivity index (χ4v) is 3.44. The molecular formula is C14H25F3N2. The van der Waals surface area contributed by atoms with Gasteiger partial charge in [0.25, 0.3) is 0 Å². The lowest BCUT2D eigenvalue weighted by atomic mass is 9.85. The van der Waals surface area contributed by atoms with Crippen LogP contribution in [0.5, 0.6) is 0 Å². The summed E-state index contributed by atoms with van der Waals surface area (Å²) in [7, 11) is 0. The Labute approximate surface area is 113 Å². The molecule has 1 heterocycles. The van der Waals surface area contributed by atoms with Crippen molar-refractivity contribution in [1.29, 1.82) is 0 Å². The van der Waals surface area contributed by atoms with Crippen LogP contribution in [0.25, 0.3) is 0 Å². The third kappa shape index (κ3) is 5.30. The average molecular weight is 278 g/mol. The van der Waals surface area contributed by atoms with Crippen LogP contribution in [0.3, 0.4) is 0 Å². The van der Waals surface area contributed by atoms with Gasteiger partial charge in [-0.25, -0.2) is 0 Å². The normalized spacial score (nSPS) is 31.4. The van der Waals surface area contributed by atoms with E-state index >= 15 is 0 Å². The third-order valence-electron chi connectivity index (χ3n) is 4.40. The number of rotatable bonds is 6.